The first-order valence-corrected chi connectivity index (χ1v) is 9.31. The molecule has 27 heavy (non-hydrogen) atoms. The number of fused-ring (bicyclic) bond motifs is 1. The fourth-order valence-corrected chi connectivity index (χ4v) is 3.68. The summed E-state index contributed by atoms with van der Waals surface area (Å²) >= 11 is 6.46. The van der Waals surface area contributed by atoms with E-state index in [-0.39, 0.29) is 11.9 Å². The number of aryl methyl sites for hydroxylation is 1. The number of piperazine rings is 1. The van der Waals surface area contributed by atoms with Crippen LogP contribution in [-0.4, -0.2) is 64.3 Å². The van der Waals surface area contributed by atoms with Gasteiger partial charge in [-0.1, -0.05) is 29.8 Å². The highest BCUT2D eigenvalue weighted by atomic mass is 35.5. The van der Waals surface area contributed by atoms with Crippen molar-refractivity contribution in [1.82, 2.24) is 19.7 Å². The molecule has 0 bridgehead atoms. The van der Waals surface area contributed by atoms with Gasteiger partial charge in [-0.15, -0.1) is 0 Å². The summed E-state index contributed by atoms with van der Waals surface area (Å²) in [6.07, 6.45) is 0. The summed E-state index contributed by atoms with van der Waals surface area (Å²) in [5.41, 5.74) is 1.33. The molecule has 1 saturated heterocycles. The van der Waals surface area contributed by atoms with Crippen LogP contribution in [0.1, 0.15) is 24.3 Å². The Bertz CT molecular complexity index is 859. The number of halogens is 1. The summed E-state index contributed by atoms with van der Waals surface area (Å²) in [5, 5.41) is 3.87. The summed E-state index contributed by atoms with van der Waals surface area (Å²) in [6, 6.07) is 7.49. The third-order valence-corrected chi connectivity index (χ3v) is 5.10. The Balaban J connectivity index is 1.71. The highest BCUT2D eigenvalue weighted by molar-refractivity contribution is 6.39. The highest BCUT2D eigenvalue weighted by Crippen LogP contribution is 2.30. The Morgan fingerprint density at radius 2 is 1.63 bits per heavy atom. The summed E-state index contributed by atoms with van der Waals surface area (Å²) in [6.45, 7) is 4.95. The molecule has 1 aliphatic rings. The quantitative estimate of drug-likeness (QED) is 0.792. The lowest BCUT2D eigenvalue weighted by atomic mass is 10.2. The van der Waals surface area contributed by atoms with E-state index in [9.17, 15) is 14.4 Å². The van der Waals surface area contributed by atoms with Crippen LogP contribution in [0.5, 0.6) is 0 Å². The lowest BCUT2D eigenvalue weighted by Crippen LogP contribution is -2.54. The summed E-state index contributed by atoms with van der Waals surface area (Å²) in [7, 11) is 1.82. The Morgan fingerprint density at radius 1 is 1.04 bits per heavy atom. The van der Waals surface area contributed by atoms with Crippen molar-refractivity contribution in [3.8, 4) is 0 Å². The molecule has 3 rings (SSSR count). The smallest absolute Gasteiger partial charge is 0.312 e. The van der Waals surface area contributed by atoms with Crippen molar-refractivity contribution in [2.24, 2.45) is 7.05 Å². The average molecular weight is 391 g/mol. The molecule has 0 saturated carbocycles. The van der Waals surface area contributed by atoms with Crippen molar-refractivity contribution in [2.75, 3.05) is 26.2 Å². The van der Waals surface area contributed by atoms with Crippen molar-refractivity contribution in [3.63, 3.8) is 0 Å². The maximum atomic E-state index is 13.0. The summed E-state index contributed by atoms with van der Waals surface area (Å²) in [4.78, 5) is 40.2. The predicted octanol–water partition coefficient (Wildman–Crippen LogP) is 1.64. The number of hydrogen-bond donors (Lipinski definition) is 1. The van der Waals surface area contributed by atoms with Crippen LogP contribution in [0, 0.1) is 0 Å². The zero-order valence-electron chi connectivity index (χ0n) is 15.7. The van der Waals surface area contributed by atoms with Gasteiger partial charge >= 0.3 is 11.8 Å². The second-order valence-corrected chi connectivity index (χ2v) is 7.33. The minimum absolute atomic E-state index is 0.0991. The first-order valence-electron chi connectivity index (χ1n) is 8.93. The number of nitrogens with one attached hydrogen (secondary N) is 1. The number of para-hydroxylation sites is 1. The van der Waals surface area contributed by atoms with Gasteiger partial charge in [0, 0.05) is 50.2 Å². The molecule has 1 aromatic heterocycles. The van der Waals surface area contributed by atoms with Crippen LogP contribution in [-0.2, 0) is 16.6 Å². The maximum Gasteiger partial charge on any atom is 0.312 e. The topological polar surface area (TPSA) is 74.7 Å². The van der Waals surface area contributed by atoms with Gasteiger partial charge in [0.15, 0.2) is 0 Å². The molecular weight excluding hydrogens is 368 g/mol. The van der Waals surface area contributed by atoms with Gasteiger partial charge in [0.25, 0.3) is 5.91 Å². The minimum atomic E-state index is -0.610. The van der Waals surface area contributed by atoms with Crippen molar-refractivity contribution in [2.45, 2.75) is 19.9 Å². The number of benzene rings is 1. The maximum absolute atomic E-state index is 13.0. The molecule has 0 atom stereocenters. The monoisotopic (exact) mass is 390 g/mol. The molecule has 0 aliphatic carbocycles. The van der Waals surface area contributed by atoms with E-state index in [4.69, 9.17) is 11.6 Å². The van der Waals surface area contributed by atoms with Crippen LogP contribution in [0.4, 0.5) is 0 Å². The Hall–Kier alpha value is -2.54. The number of hydrogen-bond acceptors (Lipinski definition) is 3. The van der Waals surface area contributed by atoms with Gasteiger partial charge in [-0.3, -0.25) is 14.4 Å². The van der Waals surface area contributed by atoms with E-state index in [0.29, 0.717) is 36.9 Å². The van der Waals surface area contributed by atoms with Crippen LogP contribution in [0.2, 0.25) is 5.02 Å². The summed E-state index contributed by atoms with van der Waals surface area (Å²) in [5.74, 6) is -1.34. The van der Waals surface area contributed by atoms with E-state index < -0.39 is 11.8 Å². The van der Waals surface area contributed by atoms with Gasteiger partial charge in [-0.2, -0.15) is 0 Å². The first-order chi connectivity index (χ1) is 12.8. The van der Waals surface area contributed by atoms with E-state index >= 15 is 0 Å². The van der Waals surface area contributed by atoms with E-state index in [2.05, 4.69) is 5.32 Å². The Kier molecular flexibility index (Phi) is 5.41. The van der Waals surface area contributed by atoms with Crippen LogP contribution in [0.15, 0.2) is 24.3 Å². The molecule has 2 aromatic rings. The van der Waals surface area contributed by atoms with Crippen molar-refractivity contribution >= 4 is 40.2 Å². The van der Waals surface area contributed by atoms with Gasteiger partial charge in [-0.25, -0.2) is 0 Å². The molecule has 2 heterocycles. The molecule has 0 radical (unpaired) electrons. The van der Waals surface area contributed by atoms with E-state index in [1.807, 2.05) is 31.3 Å². The largest absolute Gasteiger partial charge is 0.346 e. The second kappa shape index (κ2) is 7.60. The molecule has 0 spiro atoms. The third kappa shape index (κ3) is 3.64. The molecule has 8 heteroatoms. The van der Waals surface area contributed by atoms with Gasteiger partial charge < -0.3 is 19.7 Å². The Labute approximate surface area is 162 Å². The number of carbonyl (C=O) groups excluding carboxylic acids is 3. The van der Waals surface area contributed by atoms with Crippen molar-refractivity contribution in [1.29, 1.82) is 0 Å². The van der Waals surface area contributed by atoms with E-state index in [1.165, 1.54) is 4.90 Å². The lowest BCUT2D eigenvalue weighted by Gasteiger charge is -2.34. The van der Waals surface area contributed by atoms with Crippen molar-refractivity contribution in [3.05, 3.63) is 35.0 Å². The highest BCUT2D eigenvalue weighted by Gasteiger charge is 2.30. The second-order valence-electron chi connectivity index (χ2n) is 6.95. The molecule has 1 aromatic carbocycles. The molecule has 144 valence electrons. The lowest BCUT2D eigenvalue weighted by molar-refractivity contribution is -0.147. The predicted molar refractivity (Wildman–Crippen MR) is 104 cm³/mol. The molecule has 7 nitrogen and oxygen atoms in total. The molecule has 3 amide bonds. The van der Waals surface area contributed by atoms with E-state index in [0.717, 1.165) is 10.9 Å². The van der Waals surface area contributed by atoms with Gasteiger partial charge in [-0.05, 0) is 19.9 Å². The Morgan fingerprint density at radius 3 is 2.22 bits per heavy atom. The zero-order chi connectivity index (χ0) is 19.7. The molecule has 1 N–H and O–H groups in total. The number of nitrogens with zero attached hydrogens (tertiary/aromatic N) is 3. The zero-order valence-corrected chi connectivity index (χ0v) is 16.4. The van der Waals surface area contributed by atoms with E-state index in [1.54, 1.807) is 23.3 Å². The molecule has 0 unspecified atom stereocenters. The van der Waals surface area contributed by atoms with Gasteiger partial charge in [0.2, 0.25) is 0 Å². The van der Waals surface area contributed by atoms with Crippen LogP contribution in [0.25, 0.3) is 10.9 Å². The van der Waals surface area contributed by atoms with Gasteiger partial charge in [0.1, 0.15) is 5.69 Å². The van der Waals surface area contributed by atoms with Crippen LogP contribution < -0.4 is 5.32 Å². The number of aromatic nitrogens is 1. The third-order valence-electron chi connectivity index (χ3n) is 4.72. The standard InChI is InChI=1S/C19H23ClN4O3/c1-12(2)21-17(25)19(27)24-10-8-23(9-11-24)18(26)16-15(20)13-6-4-5-7-14(13)22(16)3/h4-7,12H,8-11H2,1-3H3,(H,21,25). The number of carbonyl (C=O) groups is 3. The normalized spacial score (nSPS) is 14.7. The number of amides is 3. The molecular formula is C19H23ClN4O3. The average Bonchev–Trinajstić information content (AvgIpc) is 2.91. The first kappa shape index (κ1) is 19.2. The summed E-state index contributed by atoms with van der Waals surface area (Å²) < 4.78 is 1.80. The fraction of sp³-hybridized carbons (Fsp3) is 0.421. The number of rotatable bonds is 2. The van der Waals surface area contributed by atoms with Crippen molar-refractivity contribution < 1.29 is 14.4 Å². The minimum Gasteiger partial charge on any atom is -0.346 e. The fourth-order valence-electron chi connectivity index (χ4n) is 3.31. The molecule has 1 aliphatic heterocycles. The van der Waals surface area contributed by atoms with Crippen LogP contribution in [0.3, 0.4) is 0 Å². The van der Waals surface area contributed by atoms with Crippen LogP contribution >= 0.6 is 11.6 Å². The van der Waals surface area contributed by atoms with Gasteiger partial charge in [0.05, 0.1) is 5.02 Å². The molecule has 1 fully saturated rings. The SMILES string of the molecule is CC(C)NC(=O)C(=O)N1CCN(C(=O)c2c(Cl)c3ccccc3n2C)CC1.